The number of rotatable bonds is 8. The lowest BCUT2D eigenvalue weighted by molar-refractivity contribution is 0.110. The van der Waals surface area contributed by atoms with Gasteiger partial charge in [0, 0.05) is 32.3 Å². The van der Waals surface area contributed by atoms with Gasteiger partial charge in [-0.15, -0.1) is 0 Å². The highest BCUT2D eigenvalue weighted by molar-refractivity contribution is 6.30. The fourth-order valence-corrected chi connectivity index (χ4v) is 2.48. The number of ether oxygens (including phenoxy) is 1. The average Bonchev–Trinajstić information content (AvgIpc) is 2.40. The molecule has 0 radical (unpaired) electrons. The summed E-state index contributed by atoms with van der Waals surface area (Å²) >= 11 is 5.87. The molecular formula is C15H24ClFN2O. The number of benzene rings is 1. The normalized spacial score (nSPS) is 13.2. The van der Waals surface area contributed by atoms with Gasteiger partial charge in [-0.05, 0) is 12.0 Å². The van der Waals surface area contributed by atoms with E-state index in [1.54, 1.807) is 25.3 Å². The van der Waals surface area contributed by atoms with Gasteiger partial charge in [0.25, 0.3) is 0 Å². The van der Waals surface area contributed by atoms with Crippen LogP contribution >= 0.6 is 11.6 Å². The van der Waals surface area contributed by atoms with E-state index in [1.165, 1.54) is 0 Å². The van der Waals surface area contributed by atoms with Crippen molar-refractivity contribution in [2.24, 2.45) is 11.7 Å². The number of halogens is 2. The third-order valence-electron chi connectivity index (χ3n) is 3.19. The van der Waals surface area contributed by atoms with Gasteiger partial charge in [0.05, 0.1) is 17.7 Å². The average molecular weight is 303 g/mol. The first-order chi connectivity index (χ1) is 9.51. The van der Waals surface area contributed by atoms with E-state index in [2.05, 4.69) is 18.7 Å². The van der Waals surface area contributed by atoms with Crippen molar-refractivity contribution in [1.82, 2.24) is 4.90 Å². The third-order valence-corrected chi connectivity index (χ3v) is 3.48. The molecule has 2 N–H and O–H groups in total. The number of hydrogen-bond acceptors (Lipinski definition) is 3. The van der Waals surface area contributed by atoms with Crippen LogP contribution in [0.2, 0.25) is 5.02 Å². The summed E-state index contributed by atoms with van der Waals surface area (Å²) in [6, 6.07) is 4.87. The molecule has 1 unspecified atom stereocenters. The quantitative estimate of drug-likeness (QED) is 0.802. The Hall–Kier alpha value is -0.680. The molecule has 0 saturated heterocycles. The summed E-state index contributed by atoms with van der Waals surface area (Å²) < 4.78 is 19.3. The predicted molar refractivity (Wildman–Crippen MR) is 81.5 cm³/mol. The van der Waals surface area contributed by atoms with Gasteiger partial charge in [0.15, 0.2) is 0 Å². The van der Waals surface area contributed by atoms with Gasteiger partial charge in [0.2, 0.25) is 0 Å². The Bertz CT molecular complexity index is 415. The molecule has 0 spiro atoms. The minimum atomic E-state index is -0.379. The van der Waals surface area contributed by atoms with Crippen molar-refractivity contribution in [3.8, 4) is 0 Å². The van der Waals surface area contributed by atoms with E-state index < -0.39 is 0 Å². The Morgan fingerprint density at radius 3 is 2.65 bits per heavy atom. The molecule has 0 aliphatic heterocycles. The monoisotopic (exact) mass is 302 g/mol. The van der Waals surface area contributed by atoms with Gasteiger partial charge in [-0.25, -0.2) is 4.39 Å². The molecule has 1 rings (SSSR count). The van der Waals surface area contributed by atoms with Gasteiger partial charge in [-0.3, -0.25) is 4.90 Å². The second-order valence-electron chi connectivity index (χ2n) is 5.28. The van der Waals surface area contributed by atoms with Crippen LogP contribution in [0.3, 0.4) is 0 Å². The van der Waals surface area contributed by atoms with E-state index in [-0.39, 0.29) is 16.9 Å². The fourth-order valence-electron chi connectivity index (χ4n) is 2.30. The molecule has 0 saturated carbocycles. The van der Waals surface area contributed by atoms with Crippen molar-refractivity contribution in [2.45, 2.75) is 19.9 Å². The molecule has 20 heavy (non-hydrogen) atoms. The molecule has 0 amide bonds. The summed E-state index contributed by atoms with van der Waals surface area (Å²) in [5.74, 6) is 0.0824. The molecule has 1 aromatic rings. The number of nitrogens with two attached hydrogens (primary N) is 1. The Labute approximate surface area is 125 Å². The molecule has 0 aliphatic carbocycles. The van der Waals surface area contributed by atoms with Crippen molar-refractivity contribution >= 4 is 11.6 Å². The van der Waals surface area contributed by atoms with Crippen LogP contribution in [-0.2, 0) is 4.74 Å². The van der Waals surface area contributed by atoms with Crippen LogP contribution in [0.4, 0.5) is 4.39 Å². The van der Waals surface area contributed by atoms with Crippen LogP contribution in [0.15, 0.2) is 18.2 Å². The van der Waals surface area contributed by atoms with Crippen molar-refractivity contribution in [3.05, 3.63) is 34.6 Å². The lowest BCUT2D eigenvalue weighted by Crippen LogP contribution is -2.38. The zero-order valence-electron chi connectivity index (χ0n) is 12.4. The highest BCUT2D eigenvalue weighted by Gasteiger charge is 2.23. The zero-order valence-corrected chi connectivity index (χ0v) is 13.2. The zero-order chi connectivity index (χ0) is 15.1. The molecule has 3 nitrogen and oxygen atoms in total. The second-order valence-corrected chi connectivity index (χ2v) is 5.68. The van der Waals surface area contributed by atoms with E-state index in [9.17, 15) is 4.39 Å². The molecule has 0 fully saturated rings. The van der Waals surface area contributed by atoms with E-state index in [1.807, 2.05) is 0 Å². The number of hydrogen-bond donors (Lipinski definition) is 1. The van der Waals surface area contributed by atoms with Crippen LogP contribution in [0, 0.1) is 11.7 Å². The molecule has 114 valence electrons. The summed E-state index contributed by atoms with van der Waals surface area (Å²) in [5, 5.41) is 0.136. The summed E-state index contributed by atoms with van der Waals surface area (Å²) in [6.45, 7) is 6.72. The van der Waals surface area contributed by atoms with E-state index in [4.69, 9.17) is 22.1 Å². The maximum atomic E-state index is 14.2. The first-order valence-corrected chi connectivity index (χ1v) is 7.26. The standard InChI is InChI=1S/C15H24ClFN2O/c1-11(2)10-19(7-8-20-3)14(9-18)12-5-4-6-13(16)15(12)17/h4-6,11,14H,7-10,18H2,1-3H3. The lowest BCUT2D eigenvalue weighted by Gasteiger charge is -2.32. The smallest absolute Gasteiger partial charge is 0.146 e. The molecular weight excluding hydrogens is 279 g/mol. The number of nitrogens with zero attached hydrogens (tertiary/aromatic N) is 1. The molecule has 5 heteroatoms. The minimum Gasteiger partial charge on any atom is -0.383 e. The van der Waals surface area contributed by atoms with Crippen LogP contribution in [0.5, 0.6) is 0 Å². The van der Waals surface area contributed by atoms with Crippen molar-refractivity contribution in [1.29, 1.82) is 0 Å². The van der Waals surface area contributed by atoms with Gasteiger partial charge in [-0.2, -0.15) is 0 Å². The Balaban J connectivity index is 3.01. The molecule has 0 aromatic heterocycles. The maximum Gasteiger partial charge on any atom is 0.146 e. The Morgan fingerprint density at radius 2 is 2.10 bits per heavy atom. The van der Waals surface area contributed by atoms with Gasteiger partial charge >= 0.3 is 0 Å². The van der Waals surface area contributed by atoms with E-state index >= 15 is 0 Å². The second kappa shape index (κ2) is 8.57. The van der Waals surface area contributed by atoms with Crippen molar-refractivity contribution in [3.63, 3.8) is 0 Å². The highest BCUT2D eigenvalue weighted by atomic mass is 35.5. The highest BCUT2D eigenvalue weighted by Crippen LogP contribution is 2.27. The predicted octanol–water partition coefficient (Wildman–Crippen LogP) is 3.08. The largest absolute Gasteiger partial charge is 0.383 e. The van der Waals surface area contributed by atoms with Gasteiger partial charge < -0.3 is 10.5 Å². The molecule has 0 bridgehead atoms. The summed E-state index contributed by atoms with van der Waals surface area (Å²) in [7, 11) is 1.66. The molecule has 1 atom stereocenters. The summed E-state index contributed by atoms with van der Waals surface area (Å²) in [4.78, 5) is 2.16. The SMILES string of the molecule is COCCN(CC(C)C)C(CN)c1cccc(Cl)c1F. The van der Waals surface area contributed by atoms with Crippen molar-refractivity contribution in [2.75, 3.05) is 33.4 Å². The minimum absolute atomic E-state index is 0.136. The van der Waals surface area contributed by atoms with Gasteiger partial charge in [0.1, 0.15) is 5.82 Å². The fraction of sp³-hybridized carbons (Fsp3) is 0.600. The Morgan fingerprint density at radius 1 is 1.40 bits per heavy atom. The first kappa shape index (κ1) is 17.4. The van der Waals surface area contributed by atoms with E-state index in [0.29, 0.717) is 31.2 Å². The molecule has 0 heterocycles. The van der Waals surface area contributed by atoms with Crippen LogP contribution in [0.1, 0.15) is 25.5 Å². The first-order valence-electron chi connectivity index (χ1n) is 6.88. The third kappa shape index (κ3) is 4.70. The summed E-state index contributed by atoms with van der Waals surface area (Å²) in [6.07, 6.45) is 0. The van der Waals surface area contributed by atoms with Crippen LogP contribution < -0.4 is 5.73 Å². The van der Waals surface area contributed by atoms with Crippen LogP contribution in [-0.4, -0.2) is 38.3 Å². The maximum absolute atomic E-state index is 14.2. The molecule has 1 aromatic carbocycles. The Kier molecular flexibility index (Phi) is 7.45. The molecule has 0 aliphatic rings. The van der Waals surface area contributed by atoms with Gasteiger partial charge in [-0.1, -0.05) is 37.6 Å². The van der Waals surface area contributed by atoms with Crippen molar-refractivity contribution < 1.29 is 9.13 Å². The topological polar surface area (TPSA) is 38.5 Å². The van der Waals surface area contributed by atoms with Crippen LogP contribution in [0.25, 0.3) is 0 Å². The lowest BCUT2D eigenvalue weighted by atomic mass is 10.0. The summed E-state index contributed by atoms with van der Waals surface area (Å²) in [5.41, 5.74) is 6.43. The van der Waals surface area contributed by atoms with E-state index in [0.717, 1.165) is 6.54 Å². The number of methoxy groups -OCH3 is 1.